The molecule has 0 spiro atoms. The molecule has 0 saturated carbocycles. The lowest BCUT2D eigenvalue weighted by molar-refractivity contribution is -0.144. The SMILES string of the molecule is Cn1nc(C(F)(F)F)nc1C(=O)N1CCc2[nH]cnc2[C@@H]1c1cc2cccc(Cl)n2n1. The van der Waals surface area contributed by atoms with Crippen LogP contribution >= 0.6 is 11.6 Å². The van der Waals surface area contributed by atoms with Crippen LogP contribution in [0.2, 0.25) is 5.15 Å². The number of carbonyl (C=O) groups excluding carboxylic acids is 1. The average molecular weight is 451 g/mol. The fourth-order valence-electron chi connectivity index (χ4n) is 3.75. The topological polar surface area (TPSA) is 97.0 Å². The molecule has 1 aliphatic rings. The number of alkyl halides is 3. The number of H-pyrrole nitrogens is 1. The first kappa shape index (κ1) is 19.5. The summed E-state index contributed by atoms with van der Waals surface area (Å²) in [5.74, 6) is -2.49. The summed E-state index contributed by atoms with van der Waals surface area (Å²) in [7, 11) is 1.25. The van der Waals surface area contributed by atoms with E-state index >= 15 is 0 Å². The molecule has 0 unspecified atom stereocenters. The Balaban J connectivity index is 1.61. The van der Waals surface area contributed by atoms with Gasteiger partial charge in [-0.1, -0.05) is 17.7 Å². The Bertz CT molecular complexity index is 1310. The number of pyridine rings is 1. The molecule has 4 aromatic rings. The molecule has 0 bridgehead atoms. The molecule has 13 heteroatoms. The molecule has 0 aliphatic carbocycles. The maximum absolute atomic E-state index is 13.3. The van der Waals surface area contributed by atoms with Crippen LogP contribution in [-0.4, -0.2) is 51.7 Å². The van der Waals surface area contributed by atoms with E-state index in [1.807, 2.05) is 0 Å². The van der Waals surface area contributed by atoms with E-state index in [9.17, 15) is 18.0 Å². The van der Waals surface area contributed by atoms with Gasteiger partial charge < -0.3 is 9.88 Å². The van der Waals surface area contributed by atoms with Crippen molar-refractivity contribution in [1.29, 1.82) is 0 Å². The summed E-state index contributed by atoms with van der Waals surface area (Å²) >= 11 is 6.22. The number of halogens is 4. The van der Waals surface area contributed by atoms with Gasteiger partial charge in [-0.3, -0.25) is 4.79 Å². The maximum Gasteiger partial charge on any atom is 0.453 e. The first-order chi connectivity index (χ1) is 14.7. The lowest BCUT2D eigenvalue weighted by Gasteiger charge is -2.33. The van der Waals surface area contributed by atoms with Crippen LogP contribution in [0, 0.1) is 0 Å². The highest BCUT2D eigenvalue weighted by Gasteiger charge is 2.41. The second-order valence-electron chi connectivity index (χ2n) is 7.05. The second kappa shape index (κ2) is 6.80. The zero-order valence-electron chi connectivity index (χ0n) is 15.9. The van der Waals surface area contributed by atoms with Crippen LogP contribution in [0.15, 0.2) is 30.6 Å². The molecule has 1 amide bonds. The number of nitrogens with one attached hydrogen (secondary N) is 1. The fourth-order valence-corrected chi connectivity index (χ4v) is 3.96. The largest absolute Gasteiger partial charge is 0.453 e. The molecule has 1 N–H and O–H groups in total. The third kappa shape index (κ3) is 3.14. The number of aromatic nitrogens is 7. The van der Waals surface area contributed by atoms with Crippen molar-refractivity contribution in [2.24, 2.45) is 7.05 Å². The molecule has 0 radical (unpaired) electrons. The molecule has 5 heterocycles. The van der Waals surface area contributed by atoms with E-state index in [0.717, 1.165) is 10.4 Å². The molecule has 0 aromatic carbocycles. The highest BCUT2D eigenvalue weighted by molar-refractivity contribution is 6.29. The van der Waals surface area contributed by atoms with Gasteiger partial charge in [-0.05, 0) is 18.2 Å². The molecular weight excluding hydrogens is 437 g/mol. The summed E-state index contributed by atoms with van der Waals surface area (Å²) in [5.41, 5.74) is 2.58. The number of hydrogen-bond donors (Lipinski definition) is 1. The summed E-state index contributed by atoms with van der Waals surface area (Å²) < 4.78 is 41.5. The van der Waals surface area contributed by atoms with Crippen molar-refractivity contribution in [2.75, 3.05) is 6.54 Å². The highest BCUT2D eigenvalue weighted by atomic mass is 35.5. The molecule has 1 atom stereocenters. The second-order valence-corrected chi connectivity index (χ2v) is 7.44. The first-order valence-corrected chi connectivity index (χ1v) is 9.57. The summed E-state index contributed by atoms with van der Waals surface area (Å²) in [5, 5.41) is 8.25. The highest BCUT2D eigenvalue weighted by Crippen LogP contribution is 2.35. The number of carbonyl (C=O) groups is 1. The predicted octanol–water partition coefficient (Wildman–Crippen LogP) is 2.65. The Labute approximate surface area is 177 Å². The Kier molecular flexibility index (Phi) is 4.29. The normalized spacial score (nSPS) is 16.7. The van der Waals surface area contributed by atoms with E-state index in [1.165, 1.54) is 22.8 Å². The van der Waals surface area contributed by atoms with Crippen molar-refractivity contribution >= 4 is 23.0 Å². The van der Waals surface area contributed by atoms with Gasteiger partial charge in [0.15, 0.2) is 0 Å². The zero-order chi connectivity index (χ0) is 21.9. The van der Waals surface area contributed by atoms with Crippen LogP contribution in [0.25, 0.3) is 5.52 Å². The van der Waals surface area contributed by atoms with Crippen LogP contribution < -0.4 is 0 Å². The Hall–Kier alpha value is -3.41. The van der Waals surface area contributed by atoms with Crippen molar-refractivity contribution in [1.82, 2.24) is 39.2 Å². The lowest BCUT2D eigenvalue weighted by atomic mass is 9.99. The summed E-state index contributed by atoms with van der Waals surface area (Å²) in [4.78, 5) is 25.5. The molecule has 4 aromatic heterocycles. The molecule has 0 saturated heterocycles. The van der Waals surface area contributed by atoms with Crippen molar-refractivity contribution in [2.45, 2.75) is 18.6 Å². The Morgan fingerprint density at radius 3 is 2.81 bits per heavy atom. The van der Waals surface area contributed by atoms with Crippen molar-refractivity contribution < 1.29 is 18.0 Å². The molecule has 9 nitrogen and oxygen atoms in total. The lowest BCUT2D eigenvalue weighted by Crippen LogP contribution is -2.42. The van der Waals surface area contributed by atoms with Gasteiger partial charge >= 0.3 is 6.18 Å². The minimum Gasteiger partial charge on any atom is -0.348 e. The number of imidazole rings is 1. The van der Waals surface area contributed by atoms with Gasteiger partial charge in [-0.25, -0.2) is 14.2 Å². The van der Waals surface area contributed by atoms with E-state index in [-0.39, 0.29) is 6.54 Å². The van der Waals surface area contributed by atoms with Gasteiger partial charge in [0.25, 0.3) is 11.7 Å². The Morgan fingerprint density at radius 2 is 2.10 bits per heavy atom. The van der Waals surface area contributed by atoms with Gasteiger partial charge in [0.1, 0.15) is 11.2 Å². The number of rotatable bonds is 2. The predicted molar refractivity (Wildman–Crippen MR) is 101 cm³/mol. The molecule has 31 heavy (non-hydrogen) atoms. The smallest absolute Gasteiger partial charge is 0.348 e. The van der Waals surface area contributed by atoms with E-state index in [4.69, 9.17) is 11.6 Å². The average Bonchev–Trinajstić information content (AvgIpc) is 3.44. The third-order valence-corrected chi connectivity index (χ3v) is 5.42. The number of fused-ring (bicyclic) bond motifs is 2. The monoisotopic (exact) mass is 450 g/mol. The molecule has 0 fully saturated rings. The number of hydrogen-bond acceptors (Lipinski definition) is 5. The van der Waals surface area contributed by atoms with Crippen molar-refractivity contribution in [3.63, 3.8) is 0 Å². The fraction of sp³-hybridized carbons (Fsp3) is 0.278. The minimum absolute atomic E-state index is 0.231. The van der Waals surface area contributed by atoms with Gasteiger partial charge in [-0.15, -0.1) is 5.10 Å². The van der Waals surface area contributed by atoms with Crippen LogP contribution in [-0.2, 0) is 19.6 Å². The van der Waals surface area contributed by atoms with Gasteiger partial charge in [0.2, 0.25) is 5.82 Å². The number of nitrogens with zero attached hydrogens (tertiary/aromatic N) is 7. The van der Waals surface area contributed by atoms with E-state index in [1.54, 1.807) is 24.3 Å². The Morgan fingerprint density at radius 1 is 1.29 bits per heavy atom. The molecular formula is C18H14ClF3N8O. The zero-order valence-corrected chi connectivity index (χ0v) is 16.7. The molecule has 160 valence electrons. The first-order valence-electron chi connectivity index (χ1n) is 9.19. The number of amides is 1. The maximum atomic E-state index is 13.3. The number of aromatic amines is 1. The standard InChI is InChI=1S/C18H14ClF3N8O/c1-28-15(25-17(27-28)18(20,21)22)16(31)29-6-5-10-13(24-8-23-10)14(29)11-7-9-3-2-4-12(19)30(9)26-11/h2-4,7-8,14H,5-6H2,1H3,(H,23,24)/t14-/m0/s1. The number of aryl methyl sites for hydroxylation is 1. The third-order valence-electron chi connectivity index (χ3n) is 5.13. The van der Waals surface area contributed by atoms with Crippen LogP contribution in [0.5, 0.6) is 0 Å². The van der Waals surface area contributed by atoms with Gasteiger partial charge in [0, 0.05) is 25.7 Å². The summed E-state index contributed by atoms with van der Waals surface area (Å²) in [6.07, 6.45) is -2.79. The van der Waals surface area contributed by atoms with E-state index in [0.29, 0.717) is 28.5 Å². The van der Waals surface area contributed by atoms with E-state index in [2.05, 4.69) is 25.1 Å². The van der Waals surface area contributed by atoms with Crippen LogP contribution in [0.1, 0.15) is 39.6 Å². The van der Waals surface area contributed by atoms with Crippen LogP contribution in [0.3, 0.4) is 0 Å². The molecule has 5 rings (SSSR count). The van der Waals surface area contributed by atoms with E-state index < -0.39 is 29.8 Å². The van der Waals surface area contributed by atoms with Crippen molar-refractivity contribution in [3.8, 4) is 0 Å². The summed E-state index contributed by atoms with van der Waals surface area (Å²) in [6.45, 7) is 0.231. The van der Waals surface area contributed by atoms with Gasteiger partial charge in [0.05, 0.1) is 23.2 Å². The van der Waals surface area contributed by atoms with Gasteiger partial charge in [-0.2, -0.15) is 23.3 Å². The van der Waals surface area contributed by atoms with Crippen LogP contribution in [0.4, 0.5) is 13.2 Å². The van der Waals surface area contributed by atoms with Crippen molar-refractivity contribution in [3.05, 3.63) is 64.5 Å². The minimum atomic E-state index is -4.76. The summed E-state index contributed by atoms with van der Waals surface area (Å²) in [6, 6.07) is 6.28. The molecule has 1 aliphatic heterocycles. The quantitative estimate of drug-likeness (QED) is 0.473.